The molecule has 1 aromatic carbocycles. The second-order valence-electron chi connectivity index (χ2n) is 8.41. The molecule has 2 aliphatic heterocycles. The Morgan fingerprint density at radius 2 is 2.14 bits per heavy atom. The summed E-state index contributed by atoms with van der Waals surface area (Å²) in [6, 6.07) is 5.07. The van der Waals surface area contributed by atoms with Gasteiger partial charge in [-0.25, -0.2) is 4.98 Å². The summed E-state index contributed by atoms with van der Waals surface area (Å²) >= 11 is 0. The molecule has 2 unspecified atom stereocenters. The predicted molar refractivity (Wildman–Crippen MR) is 105 cm³/mol. The molecule has 3 heterocycles. The van der Waals surface area contributed by atoms with Crippen LogP contribution in [0, 0.1) is 18.3 Å². The second-order valence-corrected chi connectivity index (χ2v) is 8.41. The number of phenols is 1. The van der Waals surface area contributed by atoms with Crippen molar-refractivity contribution in [3.8, 4) is 5.75 Å². The first kappa shape index (κ1) is 19.4. The van der Waals surface area contributed by atoms with Gasteiger partial charge in [-0.2, -0.15) is 0 Å². The first-order valence-electron chi connectivity index (χ1n) is 9.86. The Labute approximate surface area is 169 Å². The lowest BCUT2D eigenvalue weighted by atomic mass is 9.77. The van der Waals surface area contributed by atoms with Crippen LogP contribution in [0.15, 0.2) is 30.7 Å². The van der Waals surface area contributed by atoms with Crippen LogP contribution in [0.4, 0.5) is 0 Å². The number of hydrogen-bond acceptors (Lipinski definition) is 5. The highest BCUT2D eigenvalue weighted by Gasteiger charge is 2.53. The molecule has 154 valence electrons. The van der Waals surface area contributed by atoms with E-state index in [2.05, 4.69) is 14.9 Å². The number of H-pyrrole nitrogens is 1. The van der Waals surface area contributed by atoms with E-state index in [0.717, 1.165) is 30.9 Å². The Bertz CT molecular complexity index is 913. The summed E-state index contributed by atoms with van der Waals surface area (Å²) < 4.78 is 0. The smallest absolute Gasteiger partial charge is 0.303 e. The minimum Gasteiger partial charge on any atom is -0.507 e. The van der Waals surface area contributed by atoms with Gasteiger partial charge < -0.3 is 20.1 Å². The number of carbonyl (C=O) groups excluding carboxylic acids is 1. The second kappa shape index (κ2) is 7.51. The third kappa shape index (κ3) is 3.85. The van der Waals surface area contributed by atoms with Gasteiger partial charge in [-0.05, 0) is 37.0 Å². The maximum Gasteiger partial charge on any atom is 0.303 e. The lowest BCUT2D eigenvalue weighted by Gasteiger charge is -2.29. The Balaban J connectivity index is 1.52. The number of aromatic nitrogens is 2. The van der Waals surface area contributed by atoms with Gasteiger partial charge in [-0.15, -0.1) is 0 Å². The average Bonchev–Trinajstić information content (AvgIpc) is 3.35. The molecule has 0 bridgehead atoms. The van der Waals surface area contributed by atoms with Gasteiger partial charge in [0.25, 0.3) is 5.91 Å². The van der Waals surface area contributed by atoms with Crippen molar-refractivity contribution in [1.82, 2.24) is 19.8 Å². The molecule has 1 aromatic heterocycles. The van der Waals surface area contributed by atoms with E-state index in [-0.39, 0.29) is 29.4 Å². The first-order valence-corrected chi connectivity index (χ1v) is 9.86. The van der Waals surface area contributed by atoms with Crippen LogP contribution in [0.3, 0.4) is 0 Å². The highest BCUT2D eigenvalue weighted by molar-refractivity contribution is 5.97. The maximum atomic E-state index is 13.1. The van der Waals surface area contributed by atoms with Gasteiger partial charge in [0, 0.05) is 56.5 Å². The van der Waals surface area contributed by atoms with E-state index < -0.39 is 5.97 Å². The fourth-order valence-corrected chi connectivity index (χ4v) is 4.88. The molecule has 2 aromatic rings. The molecule has 2 atom stereocenters. The summed E-state index contributed by atoms with van der Waals surface area (Å²) in [4.78, 5) is 35.6. The SMILES string of the molecule is Cc1ccc(C(=O)N2CC3CN(Cc4cnc[nH]4)CC3(CCC(=O)O)C2)c(O)c1. The van der Waals surface area contributed by atoms with Gasteiger partial charge in [-0.3, -0.25) is 14.5 Å². The fourth-order valence-electron chi connectivity index (χ4n) is 4.88. The minimum atomic E-state index is -0.814. The van der Waals surface area contributed by atoms with E-state index in [0.29, 0.717) is 25.1 Å². The van der Waals surface area contributed by atoms with Gasteiger partial charge in [0.1, 0.15) is 5.75 Å². The van der Waals surface area contributed by atoms with Crippen LogP contribution in [-0.2, 0) is 11.3 Å². The number of aromatic amines is 1. The van der Waals surface area contributed by atoms with Crippen molar-refractivity contribution < 1.29 is 19.8 Å². The highest BCUT2D eigenvalue weighted by atomic mass is 16.4. The third-order valence-corrected chi connectivity index (χ3v) is 6.29. The number of carbonyl (C=O) groups is 2. The number of nitrogens with zero attached hydrogens (tertiary/aromatic N) is 3. The molecule has 1 amide bonds. The number of rotatable bonds is 6. The Kier molecular flexibility index (Phi) is 5.04. The van der Waals surface area contributed by atoms with Crippen molar-refractivity contribution >= 4 is 11.9 Å². The first-order chi connectivity index (χ1) is 13.9. The number of nitrogens with one attached hydrogen (secondary N) is 1. The molecule has 0 radical (unpaired) electrons. The van der Waals surface area contributed by atoms with E-state index in [1.54, 1.807) is 29.6 Å². The number of likely N-dealkylation sites (tertiary alicyclic amines) is 2. The number of carboxylic acid groups (broad SMARTS) is 1. The summed E-state index contributed by atoms with van der Waals surface area (Å²) in [5, 5.41) is 19.4. The minimum absolute atomic E-state index is 0.00693. The molecule has 8 heteroatoms. The topological polar surface area (TPSA) is 110 Å². The Hall–Kier alpha value is -2.87. The number of aryl methyl sites for hydroxylation is 1. The average molecular weight is 398 g/mol. The number of amides is 1. The Morgan fingerprint density at radius 3 is 2.83 bits per heavy atom. The molecule has 0 saturated carbocycles. The summed E-state index contributed by atoms with van der Waals surface area (Å²) in [5.74, 6) is -0.799. The van der Waals surface area contributed by atoms with Crippen LogP contribution < -0.4 is 0 Å². The number of imidazole rings is 1. The predicted octanol–water partition coefficient (Wildman–Crippen LogP) is 1.86. The molecule has 29 heavy (non-hydrogen) atoms. The van der Waals surface area contributed by atoms with Crippen LogP contribution in [0.5, 0.6) is 5.75 Å². The van der Waals surface area contributed by atoms with Crippen molar-refractivity contribution in [2.24, 2.45) is 11.3 Å². The standard InChI is InChI=1S/C21H26N4O4/c1-14-2-3-17(18(26)6-14)20(29)25-9-15-8-24(10-16-7-22-13-23-16)11-21(15,12-25)5-4-19(27)28/h2-3,6-7,13,15,26H,4-5,8-12H2,1H3,(H,22,23)(H,27,28). The van der Waals surface area contributed by atoms with Crippen LogP contribution >= 0.6 is 0 Å². The van der Waals surface area contributed by atoms with Gasteiger partial charge in [0.05, 0.1) is 11.9 Å². The van der Waals surface area contributed by atoms with Crippen LogP contribution in [0.25, 0.3) is 0 Å². The van der Waals surface area contributed by atoms with Crippen molar-refractivity contribution in [2.75, 3.05) is 26.2 Å². The lowest BCUT2D eigenvalue weighted by molar-refractivity contribution is -0.137. The zero-order valence-corrected chi connectivity index (χ0v) is 16.5. The van der Waals surface area contributed by atoms with Crippen molar-refractivity contribution in [3.63, 3.8) is 0 Å². The number of carboxylic acids is 1. The Morgan fingerprint density at radius 1 is 1.31 bits per heavy atom. The molecule has 2 aliphatic rings. The number of aromatic hydroxyl groups is 1. The summed E-state index contributed by atoms with van der Waals surface area (Å²) in [6.45, 7) is 5.24. The largest absolute Gasteiger partial charge is 0.507 e. The number of aliphatic carboxylic acids is 1. The summed E-state index contributed by atoms with van der Waals surface area (Å²) in [6.07, 6.45) is 4.08. The van der Waals surface area contributed by atoms with Gasteiger partial charge in [-0.1, -0.05) is 6.07 Å². The summed E-state index contributed by atoms with van der Waals surface area (Å²) in [7, 11) is 0. The number of hydrogen-bond donors (Lipinski definition) is 3. The number of phenolic OH excluding ortho intramolecular Hbond substituents is 1. The summed E-state index contributed by atoms with van der Waals surface area (Å²) in [5.41, 5.74) is 1.98. The molecule has 0 aliphatic carbocycles. The fraction of sp³-hybridized carbons (Fsp3) is 0.476. The normalized spacial score (nSPS) is 24.0. The van der Waals surface area contributed by atoms with Crippen molar-refractivity contribution in [3.05, 3.63) is 47.5 Å². The van der Waals surface area contributed by atoms with E-state index in [1.807, 2.05) is 13.0 Å². The molecule has 4 rings (SSSR count). The van der Waals surface area contributed by atoms with Crippen molar-refractivity contribution in [2.45, 2.75) is 26.3 Å². The number of fused-ring (bicyclic) bond motifs is 1. The monoisotopic (exact) mass is 398 g/mol. The maximum absolute atomic E-state index is 13.1. The molecular formula is C21H26N4O4. The molecule has 2 saturated heterocycles. The highest BCUT2D eigenvalue weighted by Crippen LogP contribution is 2.46. The lowest BCUT2D eigenvalue weighted by Crippen LogP contribution is -2.37. The van der Waals surface area contributed by atoms with Crippen LogP contribution in [-0.4, -0.2) is 68.0 Å². The van der Waals surface area contributed by atoms with Crippen LogP contribution in [0.2, 0.25) is 0 Å². The van der Waals surface area contributed by atoms with Crippen LogP contribution in [0.1, 0.15) is 34.5 Å². The van der Waals surface area contributed by atoms with E-state index in [1.165, 1.54) is 0 Å². The zero-order chi connectivity index (χ0) is 20.6. The number of benzene rings is 1. The molecule has 8 nitrogen and oxygen atoms in total. The van der Waals surface area contributed by atoms with Gasteiger partial charge >= 0.3 is 5.97 Å². The molecule has 0 spiro atoms. The van der Waals surface area contributed by atoms with Gasteiger partial charge in [0.15, 0.2) is 0 Å². The molecule has 3 N–H and O–H groups in total. The molecule has 2 fully saturated rings. The quantitative estimate of drug-likeness (QED) is 0.685. The van der Waals surface area contributed by atoms with E-state index >= 15 is 0 Å². The zero-order valence-electron chi connectivity index (χ0n) is 16.5. The third-order valence-electron chi connectivity index (χ3n) is 6.29. The van der Waals surface area contributed by atoms with Crippen molar-refractivity contribution in [1.29, 1.82) is 0 Å². The molecular weight excluding hydrogens is 372 g/mol. The van der Waals surface area contributed by atoms with Gasteiger partial charge in [0.2, 0.25) is 0 Å². The van der Waals surface area contributed by atoms with E-state index in [4.69, 9.17) is 0 Å². The van der Waals surface area contributed by atoms with E-state index in [9.17, 15) is 19.8 Å².